The van der Waals surface area contributed by atoms with Crippen molar-refractivity contribution in [2.75, 3.05) is 0 Å². The monoisotopic (exact) mass is 1180 g/mol. The molecule has 28 heteroatoms. The molecule has 12 nitrogen and oxygen atoms in total. The smallest absolute Gasteiger partial charge is 0.312 e. The maximum absolute atomic E-state index is 6.14. The molecule has 0 aliphatic heterocycles. The van der Waals surface area contributed by atoms with Gasteiger partial charge in [0.1, 0.15) is 0 Å². The highest BCUT2D eigenvalue weighted by Gasteiger charge is 2.38. The first-order valence-corrected chi connectivity index (χ1v) is 70.4. The van der Waals surface area contributed by atoms with Gasteiger partial charge >= 0.3 is 34.2 Å². The van der Waals surface area contributed by atoms with Crippen molar-refractivity contribution in [2.45, 2.75) is 236 Å². The summed E-state index contributed by atoms with van der Waals surface area (Å²) in [6.45, 7) is 78.4. The Bertz CT molecular complexity index is 1070. The Balaban J connectivity index is -0.000000375. The Morgan fingerprint density at radius 2 is 0.281 bits per heavy atom. The predicted octanol–water partition coefficient (Wildman–Crippen LogP) is 13.0. The summed E-state index contributed by atoms with van der Waals surface area (Å²) >= 11 is 0. The first-order chi connectivity index (χ1) is 27.2. The molecule has 0 aliphatic rings. The van der Waals surface area contributed by atoms with Crippen LogP contribution in [-0.4, -0.2) is 138 Å². The van der Waals surface area contributed by atoms with Crippen LogP contribution in [-0.2, 0) is 49.4 Å². The van der Waals surface area contributed by atoms with E-state index < -0.39 is 138 Å². The van der Waals surface area contributed by atoms with E-state index in [0.29, 0.717) is 0 Å². The molecule has 0 amide bonds. The van der Waals surface area contributed by atoms with Gasteiger partial charge in [-0.3, -0.25) is 0 Å². The van der Waals surface area contributed by atoms with E-state index in [1.54, 1.807) is 0 Å². The zero-order valence-electron chi connectivity index (χ0n) is 49.2. The second-order valence-electron chi connectivity index (χ2n) is 26.1. The lowest BCUT2D eigenvalue weighted by Gasteiger charge is -2.34. The lowest BCUT2D eigenvalue weighted by molar-refractivity contribution is 0.350. The maximum atomic E-state index is 6.14. The third-order valence-electron chi connectivity index (χ3n) is 6.09. The van der Waals surface area contributed by atoms with Gasteiger partial charge < -0.3 is 49.4 Å². The van der Waals surface area contributed by atoms with Crippen molar-refractivity contribution in [3.8, 4) is 0 Å². The molecule has 0 spiro atoms. The number of hydrogen-bond acceptors (Lipinski definition) is 12. The summed E-state index contributed by atoms with van der Waals surface area (Å²) in [5.74, 6) is 0. The van der Waals surface area contributed by atoms with E-state index in [2.05, 4.69) is 236 Å². The molecule has 0 aliphatic carbocycles. The molecule has 0 bridgehead atoms. The minimum atomic E-state index is -1.98. The fourth-order valence-corrected chi connectivity index (χ4v) is 64.1. The van der Waals surface area contributed by atoms with E-state index in [4.69, 9.17) is 49.4 Å². The normalized spacial score (nSPS) is 16.3. The van der Waals surface area contributed by atoms with Crippen molar-refractivity contribution < 1.29 is 49.4 Å². The van der Waals surface area contributed by atoms with Crippen molar-refractivity contribution in [2.24, 2.45) is 0 Å². The fraction of sp³-hybridized carbons (Fsp3) is 1.00. The van der Waals surface area contributed by atoms with E-state index in [1.165, 1.54) is 0 Å². The number of hydrogen-bond donors (Lipinski definition) is 0. The molecule has 0 radical (unpaired) electrons. The molecule has 0 saturated carbocycles. The van der Waals surface area contributed by atoms with Gasteiger partial charge in [-0.25, -0.2) is 0 Å². The summed E-state index contributed by atoms with van der Waals surface area (Å²) in [6.07, 6.45) is 0. The van der Waals surface area contributed by atoms with E-state index in [1.807, 2.05) is 0 Å². The first kappa shape index (κ1) is 73.5. The van der Waals surface area contributed by atoms with E-state index in [0.717, 1.165) is 0 Å². The molecule has 0 heterocycles. The van der Waals surface area contributed by atoms with Gasteiger partial charge in [-0.05, 0) is 236 Å². The molecule has 0 aromatic carbocycles. The Labute approximate surface area is 419 Å². The molecule has 0 rings (SSSR count). The Hall–Kier alpha value is 2.99. The largest absolute Gasteiger partial charge is 0.439 e. The van der Waals surface area contributed by atoms with E-state index in [9.17, 15) is 0 Å². The van der Waals surface area contributed by atoms with Gasteiger partial charge in [0.2, 0.25) is 0 Å². The first-order valence-electron chi connectivity index (χ1n) is 23.5. The summed E-state index contributed by atoms with van der Waals surface area (Å²) in [6, 6.07) is 0. The van der Waals surface area contributed by atoms with Gasteiger partial charge in [-0.2, -0.15) is 0 Å². The molecule has 4 atom stereocenters. The Morgan fingerprint density at radius 1 is 0.172 bits per heavy atom. The van der Waals surface area contributed by atoms with Crippen molar-refractivity contribution in [3.05, 3.63) is 0 Å². The Morgan fingerprint density at radius 3 is 0.359 bits per heavy atom. The molecule has 0 N–H and O–H groups in total. The van der Waals surface area contributed by atoms with E-state index >= 15 is 0 Å². The molecular weight excluding hydrogens is 1070 g/mol. The summed E-state index contributed by atoms with van der Waals surface area (Å²) < 4.78 is 73.0. The summed E-state index contributed by atoms with van der Waals surface area (Å²) in [5.41, 5.74) is 0. The lowest BCUT2D eigenvalue weighted by atomic mass is 11.8. The molecule has 392 valence electrons. The number of rotatable bonds is 24. The molecule has 0 aromatic rings. The lowest BCUT2D eigenvalue weighted by Crippen LogP contribution is -2.49. The summed E-state index contributed by atoms with van der Waals surface area (Å²) in [7, 11) is -25.9. The minimum Gasteiger partial charge on any atom is -0.439 e. The molecule has 0 aromatic heterocycles. The maximum Gasteiger partial charge on any atom is 0.312 e. The Kier molecular flexibility index (Phi) is 32.7. The van der Waals surface area contributed by atoms with Crippen LogP contribution < -0.4 is 0 Å². The molecule has 4 unspecified atom stereocenters. The van der Waals surface area contributed by atoms with Gasteiger partial charge in [-0.15, -0.1) is 0 Å². The van der Waals surface area contributed by atoms with Crippen LogP contribution in [0.1, 0.15) is 0 Å². The second-order valence-corrected chi connectivity index (χ2v) is 86.5. The highest BCUT2D eigenvalue weighted by Crippen LogP contribution is 2.21. The van der Waals surface area contributed by atoms with Crippen LogP contribution in [0.3, 0.4) is 0 Å². The molecule has 0 fully saturated rings. The minimum absolute atomic E-state index is 1.46. The van der Waals surface area contributed by atoms with Crippen LogP contribution in [0.2, 0.25) is 236 Å². The average Bonchev–Trinajstić information content (AvgIpc) is 2.76. The van der Waals surface area contributed by atoms with Crippen LogP contribution in [0.25, 0.3) is 0 Å². The molecule has 0 saturated heterocycles. The van der Waals surface area contributed by atoms with Gasteiger partial charge in [0.25, 0.3) is 37.1 Å². The molecular formula is C36H112O12Si16. The van der Waals surface area contributed by atoms with Crippen LogP contribution in [0.15, 0.2) is 0 Å². The van der Waals surface area contributed by atoms with Gasteiger partial charge in [0, 0.05) is 0 Å². The summed E-state index contributed by atoms with van der Waals surface area (Å²) in [5, 5.41) is 0. The van der Waals surface area contributed by atoms with Gasteiger partial charge in [0.05, 0.1) is 0 Å². The van der Waals surface area contributed by atoms with Crippen molar-refractivity contribution in [1.82, 2.24) is 0 Å². The fourth-order valence-electron chi connectivity index (χ4n) is 6.73. The molecule has 64 heavy (non-hydrogen) atoms. The van der Waals surface area contributed by atoms with Gasteiger partial charge in [0.15, 0.2) is 66.5 Å². The SMILES string of the molecule is C[SiH](O[Si](C)(C)C)O[Si](C)(C)O[Si](C)(C)C.C[SiH](O[Si](C)(C)C)O[Si](C)(C)O[Si](C)(C)C.C[SiH](O[Si](C)(C)C)O[Si](C)(C)O[Si](C)(C)C.C[SiH](O[Si](C)(C)C)O[Si](C)(C)O[Si](C)(C)C. The second kappa shape index (κ2) is 28.4. The summed E-state index contributed by atoms with van der Waals surface area (Å²) in [4.78, 5) is 0. The highest BCUT2D eigenvalue weighted by atomic mass is 28.5. The highest BCUT2D eigenvalue weighted by molar-refractivity contribution is 6.88. The predicted molar refractivity (Wildman–Crippen MR) is 322 cm³/mol. The zero-order valence-corrected chi connectivity index (χ0v) is 65.8. The third kappa shape index (κ3) is 59.3. The van der Waals surface area contributed by atoms with Crippen LogP contribution >= 0.6 is 0 Å². The standard InChI is InChI=1S/4C9H28O3Si4/c4*1-13(10-14(2,3)4)11-16(8,9)12-15(5,6)7/h4*13H,1-9H3. The van der Waals surface area contributed by atoms with E-state index in [-0.39, 0.29) is 0 Å². The zero-order chi connectivity index (χ0) is 52.8. The topological polar surface area (TPSA) is 111 Å². The van der Waals surface area contributed by atoms with Crippen LogP contribution in [0.4, 0.5) is 0 Å². The average molecular weight is 1190 g/mol. The van der Waals surface area contributed by atoms with Gasteiger partial charge in [-0.1, -0.05) is 0 Å². The van der Waals surface area contributed by atoms with Crippen LogP contribution in [0, 0.1) is 0 Å². The van der Waals surface area contributed by atoms with Crippen molar-refractivity contribution >= 4 is 138 Å². The van der Waals surface area contributed by atoms with Crippen molar-refractivity contribution in [3.63, 3.8) is 0 Å². The van der Waals surface area contributed by atoms with Crippen molar-refractivity contribution in [1.29, 1.82) is 0 Å². The third-order valence-corrected chi connectivity index (χ3v) is 54.8. The van der Waals surface area contributed by atoms with Crippen LogP contribution in [0.5, 0.6) is 0 Å². The quantitative estimate of drug-likeness (QED) is 0.0858.